The van der Waals surface area contributed by atoms with Crippen LogP contribution in [0.2, 0.25) is 0 Å². The number of alkyl halides is 1. The number of halogens is 1. The van der Waals surface area contributed by atoms with Gasteiger partial charge in [-0.15, -0.1) is 23.4 Å². The van der Waals surface area contributed by atoms with Gasteiger partial charge in [0.15, 0.2) is 0 Å². The van der Waals surface area contributed by atoms with Gasteiger partial charge in [0.05, 0.1) is 12.2 Å². The van der Waals surface area contributed by atoms with Crippen LogP contribution >= 0.6 is 23.4 Å². The quantitative estimate of drug-likeness (QED) is 0.614. The number of nitrogens with one attached hydrogen (secondary N) is 1. The highest BCUT2D eigenvalue weighted by Gasteiger charge is 2.32. The van der Waals surface area contributed by atoms with Gasteiger partial charge >= 0.3 is 5.97 Å². The lowest BCUT2D eigenvalue weighted by Crippen LogP contribution is -2.39. The number of anilines is 1. The van der Waals surface area contributed by atoms with Crippen molar-refractivity contribution in [2.45, 2.75) is 25.5 Å². The van der Waals surface area contributed by atoms with Gasteiger partial charge in [0.1, 0.15) is 4.75 Å². The highest BCUT2D eigenvalue weighted by Crippen LogP contribution is 2.28. The van der Waals surface area contributed by atoms with Gasteiger partial charge in [-0.1, -0.05) is 6.92 Å². The van der Waals surface area contributed by atoms with Gasteiger partial charge in [0.2, 0.25) is 5.91 Å². The second-order valence-electron chi connectivity index (χ2n) is 4.55. The molecule has 4 nitrogen and oxygen atoms in total. The molecule has 116 valence electrons. The number of carbonyl (C=O) groups is 2. The number of carbonyl (C=O) groups excluding carboxylic acids is 2. The Labute approximate surface area is 134 Å². The van der Waals surface area contributed by atoms with E-state index in [-0.39, 0.29) is 17.8 Å². The molecule has 1 aromatic rings. The first-order chi connectivity index (χ1) is 9.96. The van der Waals surface area contributed by atoms with Crippen LogP contribution < -0.4 is 5.32 Å². The molecule has 21 heavy (non-hydrogen) atoms. The third-order valence-corrected chi connectivity index (χ3v) is 4.80. The fraction of sp³-hybridized carbons (Fsp3) is 0.467. The molecule has 1 unspecified atom stereocenters. The van der Waals surface area contributed by atoms with Gasteiger partial charge < -0.3 is 10.1 Å². The molecule has 1 atom stereocenters. The fourth-order valence-electron chi connectivity index (χ4n) is 1.65. The summed E-state index contributed by atoms with van der Waals surface area (Å²) in [7, 11) is 0. The molecule has 0 radical (unpaired) electrons. The molecule has 1 aromatic carbocycles. The Kier molecular flexibility index (Phi) is 7.05. The highest BCUT2D eigenvalue weighted by molar-refractivity contribution is 8.01. The van der Waals surface area contributed by atoms with E-state index in [1.165, 1.54) is 11.8 Å². The zero-order chi connectivity index (χ0) is 15.9. The van der Waals surface area contributed by atoms with Crippen molar-refractivity contribution in [3.05, 3.63) is 29.8 Å². The molecule has 0 bridgehead atoms. The first-order valence-electron chi connectivity index (χ1n) is 6.75. The molecular weight excluding hydrogens is 310 g/mol. The second kappa shape index (κ2) is 8.29. The summed E-state index contributed by atoms with van der Waals surface area (Å²) in [6, 6.07) is 6.60. The lowest BCUT2D eigenvalue weighted by molar-refractivity contribution is -0.117. The number of rotatable bonds is 7. The molecule has 0 heterocycles. The van der Waals surface area contributed by atoms with Crippen LogP contribution in [0, 0.1) is 0 Å². The van der Waals surface area contributed by atoms with Gasteiger partial charge in [-0.25, -0.2) is 4.79 Å². The SMILES string of the molecule is CCOC(=O)c1ccc(NC(=O)C(C)(CCl)SCC)cc1. The summed E-state index contributed by atoms with van der Waals surface area (Å²) in [6.45, 7) is 5.89. The van der Waals surface area contributed by atoms with Gasteiger partial charge in [-0.05, 0) is 43.9 Å². The van der Waals surface area contributed by atoms with Crippen LogP contribution in [0.15, 0.2) is 24.3 Å². The Morgan fingerprint density at radius 3 is 2.38 bits per heavy atom. The number of ether oxygens (including phenoxy) is 1. The van der Waals surface area contributed by atoms with Crippen LogP contribution in [0.25, 0.3) is 0 Å². The minimum absolute atomic E-state index is 0.145. The Morgan fingerprint density at radius 2 is 1.90 bits per heavy atom. The lowest BCUT2D eigenvalue weighted by Gasteiger charge is -2.24. The van der Waals surface area contributed by atoms with Crippen molar-refractivity contribution < 1.29 is 14.3 Å². The van der Waals surface area contributed by atoms with Gasteiger partial charge in [0, 0.05) is 11.6 Å². The second-order valence-corrected chi connectivity index (χ2v) is 6.58. The number of hydrogen-bond acceptors (Lipinski definition) is 4. The predicted molar refractivity (Wildman–Crippen MR) is 88.3 cm³/mol. The summed E-state index contributed by atoms with van der Waals surface area (Å²) in [5.74, 6) is 0.521. The van der Waals surface area contributed by atoms with Gasteiger partial charge in [-0.3, -0.25) is 4.79 Å². The maximum atomic E-state index is 12.3. The third-order valence-electron chi connectivity index (χ3n) is 2.85. The summed E-state index contributed by atoms with van der Waals surface area (Å²) in [6.07, 6.45) is 0. The normalized spacial score (nSPS) is 13.3. The number of esters is 1. The molecule has 6 heteroatoms. The Morgan fingerprint density at radius 1 is 1.29 bits per heavy atom. The molecule has 0 saturated carbocycles. The molecule has 0 aliphatic carbocycles. The standard InChI is InChI=1S/C15H20ClNO3S/c1-4-20-13(18)11-6-8-12(9-7-11)17-14(19)15(3,10-16)21-5-2/h6-9H,4-5,10H2,1-3H3,(H,17,19). The van der Waals surface area contributed by atoms with Crippen molar-refractivity contribution in [3.63, 3.8) is 0 Å². The Balaban J connectivity index is 2.75. The monoisotopic (exact) mass is 329 g/mol. The zero-order valence-electron chi connectivity index (χ0n) is 12.4. The molecular formula is C15H20ClNO3S. The Bertz CT molecular complexity index is 492. The van der Waals surface area contributed by atoms with Crippen molar-refractivity contribution in [1.82, 2.24) is 0 Å². The molecule has 0 aromatic heterocycles. The molecule has 0 saturated heterocycles. The molecule has 0 fully saturated rings. The minimum atomic E-state index is -0.671. The smallest absolute Gasteiger partial charge is 0.338 e. The van der Waals surface area contributed by atoms with E-state index < -0.39 is 4.75 Å². The first-order valence-corrected chi connectivity index (χ1v) is 8.27. The largest absolute Gasteiger partial charge is 0.462 e. The maximum absolute atomic E-state index is 12.3. The van der Waals surface area contributed by atoms with E-state index in [2.05, 4.69) is 5.32 Å². The van der Waals surface area contributed by atoms with Crippen molar-refractivity contribution >= 4 is 40.9 Å². The average Bonchev–Trinajstić information content (AvgIpc) is 2.48. The highest BCUT2D eigenvalue weighted by atomic mass is 35.5. The Hall–Kier alpha value is -1.20. The van der Waals surface area contributed by atoms with Gasteiger partial charge in [0.25, 0.3) is 0 Å². The average molecular weight is 330 g/mol. The minimum Gasteiger partial charge on any atom is -0.462 e. The van der Waals surface area contributed by atoms with E-state index in [0.29, 0.717) is 17.9 Å². The van der Waals surface area contributed by atoms with Crippen LogP contribution in [-0.2, 0) is 9.53 Å². The van der Waals surface area contributed by atoms with E-state index in [1.807, 2.05) is 13.8 Å². The van der Waals surface area contributed by atoms with Crippen molar-refractivity contribution in [1.29, 1.82) is 0 Å². The van der Waals surface area contributed by atoms with Crippen molar-refractivity contribution in [3.8, 4) is 0 Å². The molecule has 1 rings (SSSR count). The first kappa shape index (κ1) is 17.9. The maximum Gasteiger partial charge on any atom is 0.338 e. The summed E-state index contributed by atoms with van der Waals surface area (Å²) < 4.78 is 4.23. The van der Waals surface area contributed by atoms with Crippen molar-refractivity contribution in [2.75, 3.05) is 23.6 Å². The number of thioether (sulfide) groups is 1. The van der Waals surface area contributed by atoms with E-state index in [4.69, 9.17) is 16.3 Å². The zero-order valence-corrected chi connectivity index (χ0v) is 14.0. The predicted octanol–water partition coefficient (Wildman–Crippen LogP) is 3.55. The van der Waals surface area contributed by atoms with E-state index in [1.54, 1.807) is 31.2 Å². The molecule has 0 aliphatic rings. The summed E-state index contributed by atoms with van der Waals surface area (Å²) in [4.78, 5) is 23.8. The molecule has 1 amide bonds. The molecule has 1 N–H and O–H groups in total. The van der Waals surface area contributed by atoms with Crippen molar-refractivity contribution in [2.24, 2.45) is 0 Å². The van der Waals surface area contributed by atoms with E-state index in [0.717, 1.165) is 5.75 Å². The number of hydrogen-bond donors (Lipinski definition) is 1. The summed E-state index contributed by atoms with van der Waals surface area (Å²) in [5, 5.41) is 2.82. The number of amides is 1. The third kappa shape index (κ3) is 4.93. The van der Waals surface area contributed by atoms with Crippen LogP contribution in [0.5, 0.6) is 0 Å². The van der Waals surface area contributed by atoms with Gasteiger partial charge in [-0.2, -0.15) is 0 Å². The molecule has 0 spiro atoms. The van der Waals surface area contributed by atoms with E-state index in [9.17, 15) is 9.59 Å². The van der Waals surface area contributed by atoms with Crippen LogP contribution in [0.4, 0.5) is 5.69 Å². The lowest BCUT2D eigenvalue weighted by atomic mass is 10.1. The fourth-order valence-corrected chi connectivity index (χ4v) is 2.90. The summed E-state index contributed by atoms with van der Waals surface area (Å²) >= 11 is 7.41. The summed E-state index contributed by atoms with van der Waals surface area (Å²) in [5.41, 5.74) is 1.08. The molecule has 0 aliphatic heterocycles. The van der Waals surface area contributed by atoms with E-state index >= 15 is 0 Å². The van der Waals surface area contributed by atoms with Crippen LogP contribution in [-0.4, -0.2) is 34.9 Å². The van der Waals surface area contributed by atoms with Crippen LogP contribution in [0.3, 0.4) is 0 Å². The topological polar surface area (TPSA) is 55.4 Å². The number of benzene rings is 1. The van der Waals surface area contributed by atoms with Crippen LogP contribution in [0.1, 0.15) is 31.1 Å².